The first-order valence-corrected chi connectivity index (χ1v) is 12.7. The summed E-state index contributed by atoms with van der Waals surface area (Å²) in [5, 5.41) is 2.86. The minimum atomic E-state index is -3.59. The molecule has 7 nitrogen and oxygen atoms in total. The van der Waals surface area contributed by atoms with Crippen LogP contribution in [0.5, 0.6) is 0 Å². The fourth-order valence-electron chi connectivity index (χ4n) is 3.96. The molecule has 8 heteroatoms. The molecular formula is C25H32N2O5S. The number of carbonyl (C=O) groups is 2. The van der Waals surface area contributed by atoms with E-state index >= 15 is 0 Å². The SMILES string of the molecule is Cc1ccc(S(=O)(=O)N2CCC(C(=O)OCC(=O)Nc3c(C)cccc3C(C)C)CC2)cc1. The number of ether oxygens (including phenoxy) is 1. The lowest BCUT2D eigenvalue weighted by Gasteiger charge is -2.30. The van der Waals surface area contributed by atoms with Crippen molar-refractivity contribution in [2.45, 2.75) is 51.3 Å². The van der Waals surface area contributed by atoms with Gasteiger partial charge >= 0.3 is 5.97 Å². The maximum Gasteiger partial charge on any atom is 0.309 e. The molecule has 3 rings (SSSR count). The normalized spacial score (nSPS) is 15.4. The van der Waals surface area contributed by atoms with Crippen LogP contribution in [-0.2, 0) is 24.3 Å². The molecule has 1 N–H and O–H groups in total. The van der Waals surface area contributed by atoms with Crippen LogP contribution in [0.4, 0.5) is 5.69 Å². The molecule has 1 amide bonds. The first-order valence-electron chi connectivity index (χ1n) is 11.2. The van der Waals surface area contributed by atoms with Gasteiger partial charge in [0.15, 0.2) is 6.61 Å². The van der Waals surface area contributed by atoms with Crippen LogP contribution >= 0.6 is 0 Å². The lowest BCUT2D eigenvalue weighted by molar-refractivity contribution is -0.152. The molecule has 178 valence electrons. The largest absolute Gasteiger partial charge is 0.455 e. The number of para-hydroxylation sites is 1. The van der Waals surface area contributed by atoms with E-state index in [9.17, 15) is 18.0 Å². The van der Waals surface area contributed by atoms with Gasteiger partial charge in [0.05, 0.1) is 10.8 Å². The summed E-state index contributed by atoms with van der Waals surface area (Å²) in [7, 11) is -3.59. The van der Waals surface area contributed by atoms with Gasteiger partial charge in [0.2, 0.25) is 10.0 Å². The van der Waals surface area contributed by atoms with E-state index in [2.05, 4.69) is 19.2 Å². The summed E-state index contributed by atoms with van der Waals surface area (Å²) >= 11 is 0. The number of rotatable bonds is 7. The second-order valence-corrected chi connectivity index (χ2v) is 10.8. The molecule has 33 heavy (non-hydrogen) atoms. The smallest absolute Gasteiger partial charge is 0.309 e. The molecule has 1 heterocycles. The van der Waals surface area contributed by atoms with Gasteiger partial charge in [0.1, 0.15) is 0 Å². The van der Waals surface area contributed by atoms with Crippen molar-refractivity contribution in [3.05, 3.63) is 59.2 Å². The topological polar surface area (TPSA) is 92.8 Å². The van der Waals surface area contributed by atoms with Crippen molar-refractivity contribution >= 4 is 27.6 Å². The average molecular weight is 473 g/mol. The van der Waals surface area contributed by atoms with Crippen molar-refractivity contribution in [3.63, 3.8) is 0 Å². The first-order chi connectivity index (χ1) is 15.6. The van der Waals surface area contributed by atoms with E-state index < -0.39 is 21.9 Å². The second kappa shape index (κ2) is 10.5. The molecule has 0 spiro atoms. The van der Waals surface area contributed by atoms with E-state index in [1.54, 1.807) is 24.3 Å². The van der Waals surface area contributed by atoms with E-state index in [1.165, 1.54) is 4.31 Å². The molecule has 0 unspecified atom stereocenters. The van der Waals surface area contributed by atoms with Crippen molar-refractivity contribution in [2.75, 3.05) is 25.0 Å². The molecule has 0 aromatic heterocycles. The number of nitrogens with zero attached hydrogens (tertiary/aromatic N) is 1. The number of esters is 1. The van der Waals surface area contributed by atoms with Crippen LogP contribution in [0, 0.1) is 19.8 Å². The number of anilines is 1. The first kappa shape index (κ1) is 24.9. The molecule has 0 radical (unpaired) electrons. The Morgan fingerprint density at radius 1 is 1.06 bits per heavy atom. The Morgan fingerprint density at radius 2 is 1.70 bits per heavy atom. The summed E-state index contributed by atoms with van der Waals surface area (Å²) in [5.74, 6) is -1.04. The van der Waals surface area contributed by atoms with Gasteiger partial charge in [-0.1, -0.05) is 49.7 Å². The van der Waals surface area contributed by atoms with Crippen LogP contribution < -0.4 is 5.32 Å². The monoisotopic (exact) mass is 472 g/mol. The Balaban J connectivity index is 1.52. The standard InChI is InChI=1S/C25H32N2O5S/c1-17(2)22-7-5-6-19(4)24(22)26-23(28)16-32-25(29)20-12-14-27(15-13-20)33(30,31)21-10-8-18(3)9-11-21/h5-11,17,20H,12-16H2,1-4H3,(H,26,28). The zero-order chi connectivity index (χ0) is 24.2. The third kappa shape index (κ3) is 6.00. The lowest BCUT2D eigenvalue weighted by atomic mass is 9.98. The number of amides is 1. The predicted molar refractivity (Wildman–Crippen MR) is 128 cm³/mol. The maximum atomic E-state index is 12.8. The van der Waals surface area contributed by atoms with Crippen molar-refractivity contribution in [2.24, 2.45) is 5.92 Å². The third-order valence-electron chi connectivity index (χ3n) is 5.98. The van der Waals surface area contributed by atoms with E-state index in [0.717, 1.165) is 22.4 Å². The second-order valence-electron chi connectivity index (χ2n) is 8.84. The number of hydrogen-bond donors (Lipinski definition) is 1. The highest BCUT2D eigenvalue weighted by atomic mass is 32.2. The third-order valence-corrected chi connectivity index (χ3v) is 7.90. The number of benzene rings is 2. The number of nitrogens with one attached hydrogen (secondary N) is 1. The highest BCUT2D eigenvalue weighted by molar-refractivity contribution is 7.89. The Bertz CT molecular complexity index is 1100. The van der Waals surface area contributed by atoms with Crippen LogP contribution in [0.2, 0.25) is 0 Å². The zero-order valence-corrected chi connectivity index (χ0v) is 20.4. The highest BCUT2D eigenvalue weighted by Gasteiger charge is 2.33. The quantitative estimate of drug-likeness (QED) is 0.615. The summed E-state index contributed by atoms with van der Waals surface area (Å²) in [5.41, 5.74) is 3.71. The van der Waals surface area contributed by atoms with Gasteiger partial charge < -0.3 is 10.1 Å². The zero-order valence-electron chi connectivity index (χ0n) is 19.6. The van der Waals surface area contributed by atoms with E-state index in [0.29, 0.717) is 12.8 Å². The van der Waals surface area contributed by atoms with E-state index in [1.807, 2.05) is 32.0 Å². The fourth-order valence-corrected chi connectivity index (χ4v) is 5.43. The van der Waals surface area contributed by atoms with Gasteiger partial charge in [-0.25, -0.2) is 8.42 Å². The van der Waals surface area contributed by atoms with Crippen molar-refractivity contribution in [3.8, 4) is 0 Å². The molecule has 0 atom stereocenters. The maximum absolute atomic E-state index is 12.8. The average Bonchev–Trinajstić information content (AvgIpc) is 2.79. The van der Waals surface area contributed by atoms with Crippen molar-refractivity contribution in [1.82, 2.24) is 4.31 Å². The molecule has 1 aliphatic rings. The number of sulfonamides is 1. The van der Waals surface area contributed by atoms with Gasteiger partial charge in [0, 0.05) is 18.8 Å². The summed E-state index contributed by atoms with van der Waals surface area (Å²) in [4.78, 5) is 25.2. The van der Waals surface area contributed by atoms with Crippen molar-refractivity contribution in [1.29, 1.82) is 0 Å². The van der Waals surface area contributed by atoms with Crippen LogP contribution in [0.3, 0.4) is 0 Å². The minimum Gasteiger partial charge on any atom is -0.455 e. The fraction of sp³-hybridized carbons (Fsp3) is 0.440. The van der Waals surface area contributed by atoms with Gasteiger partial charge in [0.25, 0.3) is 5.91 Å². The summed E-state index contributed by atoms with van der Waals surface area (Å²) in [6, 6.07) is 12.6. The Kier molecular flexibility index (Phi) is 7.92. The molecule has 1 saturated heterocycles. The van der Waals surface area contributed by atoms with Gasteiger partial charge in [-0.2, -0.15) is 4.31 Å². The number of aryl methyl sites for hydroxylation is 2. The number of hydrogen-bond acceptors (Lipinski definition) is 5. The van der Waals surface area contributed by atoms with Crippen LogP contribution in [0.1, 0.15) is 49.3 Å². The van der Waals surface area contributed by atoms with E-state index in [4.69, 9.17) is 4.74 Å². The number of piperidine rings is 1. The van der Waals surface area contributed by atoms with Crippen LogP contribution in [0.25, 0.3) is 0 Å². The Morgan fingerprint density at radius 3 is 2.30 bits per heavy atom. The molecular weight excluding hydrogens is 440 g/mol. The Hall–Kier alpha value is -2.71. The van der Waals surface area contributed by atoms with Crippen LogP contribution in [0.15, 0.2) is 47.4 Å². The minimum absolute atomic E-state index is 0.239. The predicted octanol–water partition coefficient (Wildman–Crippen LogP) is 4.01. The molecule has 1 fully saturated rings. The molecule has 2 aromatic carbocycles. The summed E-state index contributed by atoms with van der Waals surface area (Å²) in [6.45, 7) is 8.04. The molecule has 0 bridgehead atoms. The Labute approximate surface area is 196 Å². The summed E-state index contributed by atoms with van der Waals surface area (Å²) < 4.78 is 32.3. The number of carbonyl (C=O) groups excluding carboxylic acids is 2. The summed E-state index contributed by atoms with van der Waals surface area (Å²) in [6.07, 6.45) is 0.724. The lowest BCUT2D eigenvalue weighted by Crippen LogP contribution is -2.40. The van der Waals surface area contributed by atoms with E-state index in [-0.39, 0.29) is 36.4 Å². The molecule has 0 saturated carbocycles. The molecule has 0 aliphatic carbocycles. The molecule has 2 aromatic rings. The highest BCUT2D eigenvalue weighted by Crippen LogP contribution is 2.28. The van der Waals surface area contributed by atoms with Gasteiger partial charge in [-0.05, 0) is 55.9 Å². The van der Waals surface area contributed by atoms with Crippen LogP contribution in [-0.4, -0.2) is 44.3 Å². The van der Waals surface area contributed by atoms with Crippen molar-refractivity contribution < 1.29 is 22.7 Å². The molecule has 1 aliphatic heterocycles. The van der Waals surface area contributed by atoms with Gasteiger partial charge in [-0.3, -0.25) is 9.59 Å². The van der Waals surface area contributed by atoms with Gasteiger partial charge in [-0.15, -0.1) is 0 Å².